The molecule has 0 atom stereocenters. The molecule has 1 aliphatic rings. The van der Waals surface area contributed by atoms with Crippen LogP contribution in [0.5, 0.6) is 5.75 Å². The molecular weight excluding hydrogens is 278 g/mol. The Labute approximate surface area is 112 Å². The summed E-state index contributed by atoms with van der Waals surface area (Å²) in [6.07, 6.45) is 4.75. The maximum absolute atomic E-state index is 6.23. The fourth-order valence-corrected chi connectivity index (χ4v) is 2.59. The molecule has 0 bridgehead atoms. The van der Waals surface area contributed by atoms with Crippen molar-refractivity contribution in [1.29, 1.82) is 0 Å². The minimum Gasteiger partial charge on any atom is -0.486 e. The van der Waals surface area contributed by atoms with E-state index in [2.05, 4.69) is 28.2 Å². The predicted molar refractivity (Wildman–Crippen MR) is 74.5 cm³/mol. The van der Waals surface area contributed by atoms with E-state index in [0.29, 0.717) is 0 Å². The molecule has 0 heterocycles. The van der Waals surface area contributed by atoms with Gasteiger partial charge >= 0.3 is 0 Å². The van der Waals surface area contributed by atoms with E-state index >= 15 is 0 Å². The van der Waals surface area contributed by atoms with Crippen molar-refractivity contribution in [3.05, 3.63) is 28.7 Å². The minimum absolute atomic E-state index is 0.0754. The van der Waals surface area contributed by atoms with Crippen LogP contribution in [0.25, 0.3) is 0 Å². The molecule has 0 radical (unpaired) electrons. The molecule has 1 aromatic rings. The SMILES string of the molecule is CCNCCC1(Oc2ccccc2Br)CCC1. The van der Waals surface area contributed by atoms with Crippen LogP contribution in [-0.2, 0) is 0 Å². The summed E-state index contributed by atoms with van der Waals surface area (Å²) in [6.45, 7) is 4.22. The Kier molecular flexibility index (Phi) is 4.46. The van der Waals surface area contributed by atoms with Gasteiger partial charge in [0.05, 0.1) is 4.47 Å². The molecule has 2 rings (SSSR count). The monoisotopic (exact) mass is 297 g/mol. The molecule has 1 aromatic carbocycles. The van der Waals surface area contributed by atoms with Gasteiger partial charge in [-0.1, -0.05) is 19.1 Å². The maximum Gasteiger partial charge on any atom is 0.134 e. The Morgan fingerprint density at radius 3 is 2.71 bits per heavy atom. The van der Waals surface area contributed by atoms with Crippen molar-refractivity contribution >= 4 is 15.9 Å². The molecule has 0 saturated heterocycles. The lowest BCUT2D eigenvalue weighted by molar-refractivity contribution is -0.0147. The summed E-state index contributed by atoms with van der Waals surface area (Å²) >= 11 is 3.54. The Hall–Kier alpha value is -0.540. The minimum atomic E-state index is 0.0754. The van der Waals surface area contributed by atoms with Crippen molar-refractivity contribution < 1.29 is 4.74 Å². The number of ether oxygens (including phenoxy) is 1. The zero-order valence-corrected chi connectivity index (χ0v) is 11.9. The molecule has 0 aliphatic heterocycles. The van der Waals surface area contributed by atoms with Crippen molar-refractivity contribution in [2.45, 2.75) is 38.2 Å². The van der Waals surface area contributed by atoms with E-state index in [4.69, 9.17) is 4.74 Å². The summed E-state index contributed by atoms with van der Waals surface area (Å²) in [5, 5.41) is 3.38. The van der Waals surface area contributed by atoms with Crippen molar-refractivity contribution in [1.82, 2.24) is 5.32 Å². The van der Waals surface area contributed by atoms with Crippen LogP contribution in [0.15, 0.2) is 28.7 Å². The van der Waals surface area contributed by atoms with E-state index in [1.54, 1.807) is 0 Å². The molecule has 1 fully saturated rings. The quantitative estimate of drug-likeness (QED) is 0.808. The highest BCUT2D eigenvalue weighted by Gasteiger charge is 2.39. The first-order valence-electron chi connectivity index (χ1n) is 6.40. The van der Waals surface area contributed by atoms with Gasteiger partial charge in [0.15, 0.2) is 0 Å². The van der Waals surface area contributed by atoms with E-state index in [9.17, 15) is 0 Å². The maximum atomic E-state index is 6.23. The highest BCUT2D eigenvalue weighted by atomic mass is 79.9. The highest BCUT2D eigenvalue weighted by Crippen LogP contribution is 2.40. The van der Waals surface area contributed by atoms with Crippen LogP contribution < -0.4 is 10.1 Å². The van der Waals surface area contributed by atoms with Crippen molar-refractivity contribution in [2.24, 2.45) is 0 Å². The second kappa shape index (κ2) is 5.87. The van der Waals surface area contributed by atoms with E-state index < -0.39 is 0 Å². The van der Waals surface area contributed by atoms with Crippen LogP contribution in [0, 0.1) is 0 Å². The third-order valence-corrected chi connectivity index (χ3v) is 4.09. The zero-order valence-electron chi connectivity index (χ0n) is 10.3. The summed E-state index contributed by atoms with van der Waals surface area (Å²) in [5.74, 6) is 0.976. The second-order valence-electron chi connectivity index (χ2n) is 4.67. The van der Waals surface area contributed by atoms with Crippen molar-refractivity contribution in [3.63, 3.8) is 0 Å². The molecule has 94 valence electrons. The van der Waals surface area contributed by atoms with Gasteiger partial charge in [0.1, 0.15) is 11.4 Å². The second-order valence-corrected chi connectivity index (χ2v) is 5.53. The van der Waals surface area contributed by atoms with Crippen LogP contribution in [-0.4, -0.2) is 18.7 Å². The molecule has 1 N–H and O–H groups in total. The number of hydrogen-bond acceptors (Lipinski definition) is 2. The molecule has 2 nitrogen and oxygen atoms in total. The Bertz CT molecular complexity index is 363. The number of para-hydroxylation sites is 1. The van der Waals surface area contributed by atoms with Gasteiger partial charge in [-0.05, 0) is 66.8 Å². The first-order chi connectivity index (χ1) is 8.26. The summed E-state index contributed by atoms with van der Waals surface area (Å²) in [5.41, 5.74) is 0.0754. The molecule has 17 heavy (non-hydrogen) atoms. The van der Waals surface area contributed by atoms with Gasteiger partial charge in [-0.3, -0.25) is 0 Å². The summed E-state index contributed by atoms with van der Waals surface area (Å²) < 4.78 is 7.28. The van der Waals surface area contributed by atoms with E-state index in [-0.39, 0.29) is 5.60 Å². The van der Waals surface area contributed by atoms with Crippen molar-refractivity contribution in [2.75, 3.05) is 13.1 Å². The third kappa shape index (κ3) is 3.23. The van der Waals surface area contributed by atoms with Crippen LogP contribution in [0.2, 0.25) is 0 Å². The fraction of sp³-hybridized carbons (Fsp3) is 0.571. The van der Waals surface area contributed by atoms with Gasteiger partial charge in [0.2, 0.25) is 0 Å². The van der Waals surface area contributed by atoms with Gasteiger partial charge in [-0.2, -0.15) is 0 Å². The first-order valence-corrected chi connectivity index (χ1v) is 7.19. The van der Waals surface area contributed by atoms with Crippen LogP contribution in [0.3, 0.4) is 0 Å². The van der Waals surface area contributed by atoms with Crippen LogP contribution in [0.4, 0.5) is 0 Å². The van der Waals surface area contributed by atoms with Crippen molar-refractivity contribution in [3.8, 4) is 5.75 Å². The lowest BCUT2D eigenvalue weighted by Crippen LogP contribution is -2.45. The number of nitrogens with one attached hydrogen (secondary N) is 1. The van der Waals surface area contributed by atoms with Gasteiger partial charge in [-0.25, -0.2) is 0 Å². The first kappa shape index (κ1) is 12.9. The average molecular weight is 298 g/mol. The summed E-state index contributed by atoms with van der Waals surface area (Å²) in [6, 6.07) is 8.11. The molecular formula is C14H20BrNO. The summed E-state index contributed by atoms with van der Waals surface area (Å²) in [4.78, 5) is 0. The van der Waals surface area contributed by atoms with Gasteiger partial charge in [0, 0.05) is 0 Å². The normalized spacial score (nSPS) is 17.5. The van der Waals surface area contributed by atoms with Crippen LogP contribution >= 0.6 is 15.9 Å². The molecule has 0 amide bonds. The van der Waals surface area contributed by atoms with E-state index in [1.165, 1.54) is 19.3 Å². The lowest BCUT2D eigenvalue weighted by Gasteiger charge is -2.42. The van der Waals surface area contributed by atoms with Gasteiger partial charge < -0.3 is 10.1 Å². The lowest BCUT2D eigenvalue weighted by atomic mass is 9.77. The molecule has 3 heteroatoms. The third-order valence-electron chi connectivity index (χ3n) is 3.44. The highest BCUT2D eigenvalue weighted by molar-refractivity contribution is 9.10. The fourth-order valence-electron chi connectivity index (χ4n) is 2.23. The van der Waals surface area contributed by atoms with Gasteiger partial charge in [-0.15, -0.1) is 0 Å². The number of benzene rings is 1. The summed E-state index contributed by atoms with van der Waals surface area (Å²) in [7, 11) is 0. The number of halogens is 1. The Balaban J connectivity index is 1.97. The van der Waals surface area contributed by atoms with E-state index in [1.807, 2.05) is 24.3 Å². The number of hydrogen-bond donors (Lipinski definition) is 1. The molecule has 0 aromatic heterocycles. The molecule has 1 aliphatic carbocycles. The Morgan fingerprint density at radius 1 is 1.35 bits per heavy atom. The standard InChI is InChI=1S/C14H20BrNO/c1-2-16-11-10-14(8-5-9-14)17-13-7-4-3-6-12(13)15/h3-4,6-7,16H,2,5,8-11H2,1H3. The van der Waals surface area contributed by atoms with Crippen LogP contribution in [0.1, 0.15) is 32.6 Å². The number of rotatable bonds is 6. The predicted octanol–water partition coefficient (Wildman–Crippen LogP) is 3.75. The molecule has 0 unspecified atom stereocenters. The topological polar surface area (TPSA) is 21.3 Å². The smallest absolute Gasteiger partial charge is 0.134 e. The molecule has 1 saturated carbocycles. The molecule has 0 spiro atoms. The van der Waals surface area contributed by atoms with E-state index in [0.717, 1.165) is 29.7 Å². The Morgan fingerprint density at radius 2 is 2.12 bits per heavy atom. The largest absolute Gasteiger partial charge is 0.486 e. The zero-order chi connectivity index (χ0) is 12.1. The van der Waals surface area contributed by atoms with Gasteiger partial charge in [0.25, 0.3) is 0 Å². The average Bonchev–Trinajstić information content (AvgIpc) is 2.28.